The van der Waals surface area contributed by atoms with Crippen LogP contribution in [0.4, 0.5) is 0 Å². The minimum atomic E-state index is -0.485. The van der Waals surface area contributed by atoms with Crippen LogP contribution in [0.25, 0.3) is 0 Å². The minimum Gasteiger partial charge on any atom is -0.464 e. The molecule has 1 rings (SSSR count). The molecule has 0 amide bonds. The van der Waals surface area contributed by atoms with E-state index in [4.69, 9.17) is 4.74 Å². The SMILES string of the molecule is COC(=O)c1cn(CC(C)OC)nn1. The summed E-state index contributed by atoms with van der Waals surface area (Å²) in [6.07, 6.45) is 1.56. The minimum absolute atomic E-state index is 0.0298. The van der Waals surface area contributed by atoms with Crippen LogP contribution in [0.5, 0.6) is 0 Å². The van der Waals surface area contributed by atoms with Crippen LogP contribution >= 0.6 is 0 Å². The van der Waals surface area contributed by atoms with Gasteiger partial charge in [-0.15, -0.1) is 5.10 Å². The largest absolute Gasteiger partial charge is 0.464 e. The molecule has 14 heavy (non-hydrogen) atoms. The van der Waals surface area contributed by atoms with E-state index in [1.165, 1.54) is 13.3 Å². The summed E-state index contributed by atoms with van der Waals surface area (Å²) in [7, 11) is 2.92. The zero-order valence-electron chi connectivity index (χ0n) is 8.43. The second-order valence-corrected chi connectivity index (χ2v) is 2.86. The summed E-state index contributed by atoms with van der Waals surface area (Å²) >= 11 is 0. The van der Waals surface area contributed by atoms with Gasteiger partial charge in [-0.2, -0.15) is 0 Å². The molecule has 0 aliphatic rings. The Hall–Kier alpha value is -1.43. The van der Waals surface area contributed by atoms with E-state index in [9.17, 15) is 4.79 Å². The van der Waals surface area contributed by atoms with Crippen molar-refractivity contribution in [2.24, 2.45) is 0 Å². The van der Waals surface area contributed by atoms with Gasteiger partial charge in [-0.05, 0) is 6.92 Å². The summed E-state index contributed by atoms with van der Waals surface area (Å²) in [5.74, 6) is -0.485. The van der Waals surface area contributed by atoms with E-state index in [1.807, 2.05) is 6.92 Å². The monoisotopic (exact) mass is 199 g/mol. The number of rotatable bonds is 4. The van der Waals surface area contributed by atoms with Gasteiger partial charge in [-0.1, -0.05) is 5.21 Å². The lowest BCUT2D eigenvalue weighted by atomic mass is 10.4. The molecule has 1 heterocycles. The first kappa shape index (κ1) is 10.6. The summed E-state index contributed by atoms with van der Waals surface area (Å²) in [6.45, 7) is 2.46. The molecule has 0 aliphatic heterocycles. The quantitative estimate of drug-likeness (QED) is 0.643. The molecule has 0 bridgehead atoms. The maximum atomic E-state index is 11.0. The lowest BCUT2D eigenvalue weighted by Gasteiger charge is -2.07. The van der Waals surface area contributed by atoms with Gasteiger partial charge < -0.3 is 9.47 Å². The molecule has 1 aromatic rings. The third-order valence-corrected chi connectivity index (χ3v) is 1.78. The first-order valence-electron chi connectivity index (χ1n) is 4.18. The number of nitrogens with zero attached hydrogens (tertiary/aromatic N) is 3. The third kappa shape index (κ3) is 2.53. The fraction of sp³-hybridized carbons (Fsp3) is 0.625. The van der Waals surface area contributed by atoms with Gasteiger partial charge in [0.1, 0.15) is 0 Å². The van der Waals surface area contributed by atoms with Crippen molar-refractivity contribution in [3.8, 4) is 0 Å². The Bertz CT molecular complexity index is 311. The van der Waals surface area contributed by atoms with Crippen LogP contribution in [0.1, 0.15) is 17.4 Å². The van der Waals surface area contributed by atoms with Gasteiger partial charge in [-0.3, -0.25) is 0 Å². The van der Waals surface area contributed by atoms with Gasteiger partial charge in [0.25, 0.3) is 0 Å². The summed E-state index contributed by atoms with van der Waals surface area (Å²) in [5.41, 5.74) is 0.204. The second-order valence-electron chi connectivity index (χ2n) is 2.86. The summed E-state index contributed by atoms with van der Waals surface area (Å²) in [4.78, 5) is 11.0. The summed E-state index contributed by atoms with van der Waals surface area (Å²) < 4.78 is 11.1. The number of methoxy groups -OCH3 is 2. The van der Waals surface area contributed by atoms with E-state index in [-0.39, 0.29) is 11.8 Å². The molecule has 0 spiro atoms. The van der Waals surface area contributed by atoms with E-state index in [0.29, 0.717) is 6.54 Å². The third-order valence-electron chi connectivity index (χ3n) is 1.78. The molecule has 0 N–H and O–H groups in total. The molecule has 0 saturated carbocycles. The van der Waals surface area contributed by atoms with E-state index in [1.54, 1.807) is 11.8 Å². The van der Waals surface area contributed by atoms with E-state index >= 15 is 0 Å². The first-order valence-corrected chi connectivity index (χ1v) is 4.18. The summed E-state index contributed by atoms with van der Waals surface area (Å²) in [5, 5.41) is 7.42. The van der Waals surface area contributed by atoms with Crippen LogP contribution in [0, 0.1) is 0 Å². The highest BCUT2D eigenvalue weighted by molar-refractivity contribution is 5.86. The number of aromatic nitrogens is 3. The van der Waals surface area contributed by atoms with Crippen molar-refractivity contribution >= 4 is 5.97 Å². The second kappa shape index (κ2) is 4.71. The molecule has 0 aliphatic carbocycles. The smallest absolute Gasteiger partial charge is 0.360 e. The molecular weight excluding hydrogens is 186 g/mol. The van der Waals surface area contributed by atoms with Crippen LogP contribution < -0.4 is 0 Å². The highest BCUT2D eigenvalue weighted by Crippen LogP contribution is 1.98. The lowest BCUT2D eigenvalue weighted by Crippen LogP contribution is -2.15. The van der Waals surface area contributed by atoms with Crippen LogP contribution in [-0.4, -0.2) is 41.3 Å². The van der Waals surface area contributed by atoms with Gasteiger partial charge in [-0.25, -0.2) is 9.48 Å². The number of carbonyl (C=O) groups excluding carboxylic acids is 1. The van der Waals surface area contributed by atoms with Gasteiger partial charge >= 0.3 is 5.97 Å². The normalized spacial score (nSPS) is 12.5. The van der Waals surface area contributed by atoms with Crippen LogP contribution in [-0.2, 0) is 16.0 Å². The topological polar surface area (TPSA) is 66.2 Å². The van der Waals surface area contributed by atoms with Crippen molar-refractivity contribution in [2.45, 2.75) is 19.6 Å². The molecule has 1 atom stereocenters. The van der Waals surface area contributed by atoms with E-state index in [0.717, 1.165) is 0 Å². The number of esters is 1. The number of ether oxygens (including phenoxy) is 2. The first-order chi connectivity index (χ1) is 6.67. The fourth-order valence-corrected chi connectivity index (χ4v) is 0.924. The highest BCUT2D eigenvalue weighted by atomic mass is 16.5. The average Bonchev–Trinajstić information content (AvgIpc) is 2.65. The van der Waals surface area contributed by atoms with Gasteiger partial charge in [0.2, 0.25) is 0 Å². The predicted molar refractivity (Wildman–Crippen MR) is 47.8 cm³/mol. The van der Waals surface area contributed by atoms with Crippen molar-refractivity contribution < 1.29 is 14.3 Å². The van der Waals surface area contributed by atoms with Crippen LogP contribution in [0.3, 0.4) is 0 Å². The lowest BCUT2D eigenvalue weighted by molar-refractivity contribution is 0.0593. The van der Waals surface area contributed by atoms with Crippen molar-refractivity contribution in [1.82, 2.24) is 15.0 Å². The molecule has 0 radical (unpaired) electrons. The molecule has 6 nitrogen and oxygen atoms in total. The van der Waals surface area contributed by atoms with E-state index in [2.05, 4.69) is 15.0 Å². The Morgan fingerprint density at radius 1 is 1.64 bits per heavy atom. The Labute approximate surface area is 81.8 Å². The molecule has 0 saturated heterocycles. The molecule has 6 heteroatoms. The molecule has 0 aromatic carbocycles. The number of hydrogen-bond acceptors (Lipinski definition) is 5. The van der Waals surface area contributed by atoms with Gasteiger partial charge in [0.15, 0.2) is 5.69 Å². The van der Waals surface area contributed by atoms with E-state index < -0.39 is 5.97 Å². The van der Waals surface area contributed by atoms with Crippen LogP contribution in [0.2, 0.25) is 0 Å². The van der Waals surface area contributed by atoms with Gasteiger partial charge in [0.05, 0.1) is 26.0 Å². The Kier molecular flexibility index (Phi) is 3.58. The van der Waals surface area contributed by atoms with Crippen molar-refractivity contribution in [3.63, 3.8) is 0 Å². The number of hydrogen-bond donors (Lipinski definition) is 0. The zero-order chi connectivity index (χ0) is 10.6. The maximum absolute atomic E-state index is 11.0. The molecule has 78 valence electrons. The van der Waals surface area contributed by atoms with Crippen molar-refractivity contribution in [3.05, 3.63) is 11.9 Å². The Morgan fingerprint density at radius 3 is 2.93 bits per heavy atom. The van der Waals surface area contributed by atoms with Crippen LogP contribution in [0.15, 0.2) is 6.20 Å². The highest BCUT2D eigenvalue weighted by Gasteiger charge is 2.11. The number of carbonyl (C=O) groups is 1. The molecule has 1 aromatic heterocycles. The Balaban J connectivity index is 2.63. The average molecular weight is 199 g/mol. The zero-order valence-corrected chi connectivity index (χ0v) is 8.43. The predicted octanol–water partition coefficient (Wildman–Crippen LogP) is 0.0996. The standard InChI is InChI=1S/C8H13N3O3/c1-6(13-2)4-11-5-7(9-10-11)8(12)14-3/h5-6H,4H2,1-3H3. The Morgan fingerprint density at radius 2 is 2.36 bits per heavy atom. The molecule has 0 fully saturated rings. The fourth-order valence-electron chi connectivity index (χ4n) is 0.924. The maximum Gasteiger partial charge on any atom is 0.360 e. The van der Waals surface area contributed by atoms with Crippen molar-refractivity contribution in [1.29, 1.82) is 0 Å². The van der Waals surface area contributed by atoms with Crippen molar-refractivity contribution in [2.75, 3.05) is 14.2 Å². The van der Waals surface area contributed by atoms with Gasteiger partial charge in [0, 0.05) is 7.11 Å². The molecule has 1 unspecified atom stereocenters. The summed E-state index contributed by atoms with van der Waals surface area (Å²) in [6, 6.07) is 0. The molecular formula is C8H13N3O3.